The number of fused-ring (bicyclic) bond motifs is 1. The summed E-state index contributed by atoms with van der Waals surface area (Å²) in [5, 5.41) is 0. The van der Waals surface area contributed by atoms with Gasteiger partial charge in [0.05, 0.1) is 13.2 Å². The Labute approximate surface area is 114 Å². The van der Waals surface area contributed by atoms with E-state index in [0.29, 0.717) is 6.54 Å². The highest BCUT2D eigenvalue weighted by Gasteiger charge is 2.33. The van der Waals surface area contributed by atoms with Crippen LogP contribution in [0.4, 0.5) is 0 Å². The van der Waals surface area contributed by atoms with Gasteiger partial charge in [0.1, 0.15) is 5.75 Å². The minimum atomic E-state index is 0.213. The fraction of sp³-hybridized carbons (Fsp3) is 0.562. The SMILES string of the molecule is CC1CC1CN(C)CC(=O)c1ccc2c(c1)CCO2. The zero-order valence-corrected chi connectivity index (χ0v) is 11.7. The number of rotatable bonds is 5. The van der Waals surface area contributed by atoms with Gasteiger partial charge in [-0.3, -0.25) is 9.69 Å². The summed E-state index contributed by atoms with van der Waals surface area (Å²) in [6.07, 6.45) is 2.24. The summed E-state index contributed by atoms with van der Waals surface area (Å²) in [6, 6.07) is 5.82. The van der Waals surface area contributed by atoms with Crippen molar-refractivity contribution in [1.29, 1.82) is 0 Å². The third kappa shape index (κ3) is 2.81. The van der Waals surface area contributed by atoms with Crippen LogP contribution >= 0.6 is 0 Å². The van der Waals surface area contributed by atoms with E-state index in [4.69, 9.17) is 4.74 Å². The molecule has 3 heteroatoms. The van der Waals surface area contributed by atoms with Gasteiger partial charge in [-0.15, -0.1) is 0 Å². The molecule has 0 amide bonds. The van der Waals surface area contributed by atoms with E-state index >= 15 is 0 Å². The molecule has 3 nitrogen and oxygen atoms in total. The largest absolute Gasteiger partial charge is 0.493 e. The number of nitrogens with zero attached hydrogens (tertiary/aromatic N) is 1. The van der Waals surface area contributed by atoms with Crippen molar-refractivity contribution in [3.05, 3.63) is 29.3 Å². The van der Waals surface area contributed by atoms with Gasteiger partial charge in [0.25, 0.3) is 0 Å². The molecule has 1 aliphatic carbocycles. The summed E-state index contributed by atoms with van der Waals surface area (Å²) >= 11 is 0. The van der Waals surface area contributed by atoms with Gasteiger partial charge in [0.15, 0.2) is 5.78 Å². The predicted molar refractivity (Wildman–Crippen MR) is 74.7 cm³/mol. The number of ketones is 1. The maximum absolute atomic E-state index is 12.3. The van der Waals surface area contributed by atoms with Gasteiger partial charge >= 0.3 is 0 Å². The first-order valence-electron chi connectivity index (χ1n) is 7.11. The third-order valence-corrected chi connectivity index (χ3v) is 4.25. The lowest BCUT2D eigenvalue weighted by Crippen LogP contribution is -2.28. The Bertz CT molecular complexity index is 498. The molecule has 19 heavy (non-hydrogen) atoms. The van der Waals surface area contributed by atoms with E-state index in [-0.39, 0.29) is 5.78 Å². The van der Waals surface area contributed by atoms with Crippen LogP contribution in [0.1, 0.15) is 29.3 Å². The van der Waals surface area contributed by atoms with Crippen LogP contribution in [-0.4, -0.2) is 37.4 Å². The predicted octanol–water partition coefficient (Wildman–Crippen LogP) is 2.39. The summed E-state index contributed by atoms with van der Waals surface area (Å²) in [5.41, 5.74) is 1.99. The van der Waals surface area contributed by atoms with E-state index in [1.54, 1.807) is 0 Å². The Morgan fingerprint density at radius 2 is 2.26 bits per heavy atom. The number of Topliss-reactive ketones (excluding diaryl/α,β-unsaturated/α-hetero) is 1. The van der Waals surface area contributed by atoms with Gasteiger partial charge in [-0.2, -0.15) is 0 Å². The minimum absolute atomic E-state index is 0.213. The van der Waals surface area contributed by atoms with Crippen LogP contribution in [0.15, 0.2) is 18.2 Å². The first-order chi connectivity index (χ1) is 9.13. The molecule has 3 rings (SSSR count). The Balaban J connectivity index is 1.60. The van der Waals surface area contributed by atoms with Crippen molar-refractivity contribution in [3.63, 3.8) is 0 Å². The van der Waals surface area contributed by atoms with Crippen LogP contribution < -0.4 is 4.74 Å². The molecule has 1 saturated carbocycles. The summed E-state index contributed by atoms with van der Waals surface area (Å²) in [6.45, 7) is 4.58. The van der Waals surface area contributed by atoms with Crippen LogP contribution in [0.5, 0.6) is 5.75 Å². The molecule has 1 aliphatic heterocycles. The molecule has 0 N–H and O–H groups in total. The number of benzene rings is 1. The molecule has 0 aromatic heterocycles. The van der Waals surface area contributed by atoms with Crippen LogP contribution in [-0.2, 0) is 6.42 Å². The highest BCUT2D eigenvalue weighted by atomic mass is 16.5. The van der Waals surface area contributed by atoms with Crippen molar-refractivity contribution >= 4 is 5.78 Å². The van der Waals surface area contributed by atoms with Crippen molar-refractivity contribution < 1.29 is 9.53 Å². The third-order valence-electron chi connectivity index (χ3n) is 4.25. The molecule has 1 heterocycles. The zero-order chi connectivity index (χ0) is 13.4. The zero-order valence-electron chi connectivity index (χ0n) is 11.7. The smallest absolute Gasteiger partial charge is 0.176 e. The first kappa shape index (κ1) is 12.7. The van der Waals surface area contributed by atoms with E-state index in [1.807, 2.05) is 25.2 Å². The minimum Gasteiger partial charge on any atom is -0.493 e. The van der Waals surface area contributed by atoms with Crippen molar-refractivity contribution in [2.75, 3.05) is 26.7 Å². The number of hydrogen-bond donors (Lipinski definition) is 0. The van der Waals surface area contributed by atoms with Crippen LogP contribution in [0.25, 0.3) is 0 Å². The lowest BCUT2D eigenvalue weighted by atomic mass is 10.1. The highest BCUT2D eigenvalue weighted by Crippen LogP contribution is 2.37. The monoisotopic (exact) mass is 259 g/mol. The quantitative estimate of drug-likeness (QED) is 0.760. The van der Waals surface area contributed by atoms with E-state index < -0.39 is 0 Å². The molecular weight excluding hydrogens is 238 g/mol. The number of carbonyl (C=O) groups is 1. The second-order valence-electron chi connectivity index (χ2n) is 6.01. The van der Waals surface area contributed by atoms with Crippen molar-refractivity contribution in [1.82, 2.24) is 4.90 Å². The lowest BCUT2D eigenvalue weighted by molar-refractivity contribution is 0.0943. The molecule has 1 aromatic carbocycles. The van der Waals surface area contributed by atoms with Gasteiger partial charge in [0.2, 0.25) is 0 Å². The van der Waals surface area contributed by atoms with Gasteiger partial charge in [-0.1, -0.05) is 6.92 Å². The van der Waals surface area contributed by atoms with Crippen molar-refractivity contribution in [3.8, 4) is 5.75 Å². The maximum atomic E-state index is 12.3. The second kappa shape index (κ2) is 4.97. The van der Waals surface area contributed by atoms with Gasteiger partial charge in [-0.05, 0) is 49.1 Å². The molecule has 1 aromatic rings. The number of hydrogen-bond acceptors (Lipinski definition) is 3. The Hall–Kier alpha value is -1.35. The van der Waals surface area contributed by atoms with Gasteiger partial charge in [-0.25, -0.2) is 0 Å². The van der Waals surface area contributed by atoms with Gasteiger partial charge < -0.3 is 4.74 Å². The molecule has 102 valence electrons. The average Bonchev–Trinajstić information content (AvgIpc) is 2.91. The maximum Gasteiger partial charge on any atom is 0.176 e. The molecule has 0 bridgehead atoms. The number of carbonyl (C=O) groups excluding carboxylic acids is 1. The summed E-state index contributed by atoms with van der Waals surface area (Å²) in [4.78, 5) is 14.4. The number of ether oxygens (including phenoxy) is 1. The molecular formula is C16H21NO2. The molecule has 2 aliphatic rings. The lowest BCUT2D eigenvalue weighted by Gasteiger charge is -2.15. The van der Waals surface area contributed by atoms with E-state index in [0.717, 1.165) is 42.7 Å². The van der Waals surface area contributed by atoms with E-state index in [1.165, 1.54) is 12.0 Å². The van der Waals surface area contributed by atoms with Crippen molar-refractivity contribution in [2.24, 2.45) is 11.8 Å². The summed E-state index contributed by atoms with van der Waals surface area (Å²) in [5.74, 6) is 2.79. The standard InChI is InChI=1S/C16H21NO2/c1-11-7-14(11)9-17(2)10-15(18)12-3-4-16-13(8-12)5-6-19-16/h3-4,8,11,14H,5-7,9-10H2,1-2H3. The molecule has 0 saturated heterocycles. The van der Waals surface area contributed by atoms with E-state index in [9.17, 15) is 4.79 Å². The Morgan fingerprint density at radius 3 is 3.00 bits per heavy atom. The van der Waals surface area contributed by atoms with Gasteiger partial charge in [0, 0.05) is 18.5 Å². The summed E-state index contributed by atoms with van der Waals surface area (Å²) < 4.78 is 5.47. The number of likely N-dealkylation sites (N-methyl/N-ethyl adjacent to an activating group) is 1. The highest BCUT2D eigenvalue weighted by molar-refractivity contribution is 5.98. The van der Waals surface area contributed by atoms with Crippen LogP contribution in [0, 0.1) is 11.8 Å². The van der Waals surface area contributed by atoms with E-state index in [2.05, 4.69) is 11.8 Å². The molecule has 2 atom stereocenters. The molecule has 0 spiro atoms. The Morgan fingerprint density at radius 1 is 1.47 bits per heavy atom. The molecule has 2 unspecified atom stereocenters. The normalized spacial score (nSPS) is 24.2. The summed E-state index contributed by atoms with van der Waals surface area (Å²) in [7, 11) is 2.04. The second-order valence-corrected chi connectivity index (χ2v) is 6.01. The topological polar surface area (TPSA) is 29.5 Å². The fourth-order valence-electron chi connectivity index (χ4n) is 2.81. The Kier molecular flexibility index (Phi) is 3.31. The average molecular weight is 259 g/mol. The fourth-order valence-corrected chi connectivity index (χ4v) is 2.81. The molecule has 0 radical (unpaired) electrons. The molecule has 1 fully saturated rings. The van der Waals surface area contributed by atoms with Crippen molar-refractivity contribution in [2.45, 2.75) is 19.8 Å². The first-order valence-corrected chi connectivity index (χ1v) is 7.11. The van der Waals surface area contributed by atoms with Crippen LogP contribution in [0.3, 0.4) is 0 Å². The van der Waals surface area contributed by atoms with Crippen LogP contribution in [0.2, 0.25) is 0 Å².